The molecule has 0 aromatic rings. The molecule has 0 spiro atoms. The van der Waals surface area contributed by atoms with Crippen LogP contribution in [0.25, 0.3) is 0 Å². The van der Waals surface area contributed by atoms with Gasteiger partial charge in [-0.2, -0.15) is 12.6 Å². The molecule has 0 aromatic heterocycles. The van der Waals surface area contributed by atoms with Gasteiger partial charge in [-0.15, -0.1) is 11.8 Å². The van der Waals surface area contributed by atoms with Gasteiger partial charge in [0.05, 0.1) is 4.08 Å². The first-order chi connectivity index (χ1) is 13.0. The number of ketones is 1. The molecule has 0 radical (unpaired) electrons. The third kappa shape index (κ3) is 2.43. The van der Waals surface area contributed by atoms with Crippen LogP contribution in [-0.4, -0.2) is 33.9 Å². The first kappa shape index (κ1) is 20.5. The number of hydrogen-bond acceptors (Lipinski definition) is 5. The van der Waals surface area contributed by atoms with Crippen molar-refractivity contribution in [1.82, 2.24) is 0 Å². The normalized spacial score (nSPS) is 49.7. The second-order valence-corrected chi connectivity index (χ2v) is 11.5. The van der Waals surface area contributed by atoms with Crippen molar-refractivity contribution >= 4 is 36.1 Å². The highest BCUT2D eigenvalue weighted by Gasteiger charge is 2.73. The number of esters is 1. The van der Waals surface area contributed by atoms with Gasteiger partial charge in [0.25, 0.3) is 0 Å². The molecule has 0 N–H and O–H groups in total. The van der Waals surface area contributed by atoms with E-state index >= 15 is 4.39 Å². The molecule has 4 rings (SSSR count). The molecule has 4 aliphatic carbocycles. The number of rotatable bonds is 2. The highest BCUT2D eigenvalue weighted by Crippen LogP contribution is 2.72. The Balaban J connectivity index is 1.87. The van der Waals surface area contributed by atoms with Crippen molar-refractivity contribution in [2.45, 2.75) is 68.7 Å². The highest BCUT2D eigenvalue weighted by molar-refractivity contribution is 8.11. The minimum atomic E-state index is -1.72. The molecule has 6 heteroatoms. The number of carbonyl (C=O) groups is 2. The number of hydrogen-bond donors (Lipinski definition) is 1. The van der Waals surface area contributed by atoms with Crippen molar-refractivity contribution in [3.8, 4) is 0 Å². The average Bonchev–Trinajstić information content (AvgIpc) is 2.88. The molecule has 3 saturated carbocycles. The molecule has 7 atom stereocenters. The molecule has 0 saturated heterocycles. The van der Waals surface area contributed by atoms with Crippen molar-refractivity contribution in [2.24, 2.45) is 22.7 Å². The standard InChI is InChI=1S/C22H29FO3S2/c1-13(24)26-18-12-20(3)16(8-10-21(20,27)28-4)17-6-5-14-11-15(25)7-9-19(14,2)22(17,18)23/h7,9,11,16-18,27H,5-6,8,10,12H2,1-4H3/t16-,17-,18-,19-,20-,21-,22?/m0/s1. The zero-order valence-corrected chi connectivity index (χ0v) is 18.7. The summed E-state index contributed by atoms with van der Waals surface area (Å²) in [5.74, 6) is -0.586. The van der Waals surface area contributed by atoms with Crippen LogP contribution in [0, 0.1) is 22.7 Å². The van der Waals surface area contributed by atoms with E-state index in [9.17, 15) is 9.59 Å². The summed E-state index contributed by atoms with van der Waals surface area (Å²) in [5.41, 5.74) is -2.03. The van der Waals surface area contributed by atoms with Gasteiger partial charge in [-0.3, -0.25) is 9.59 Å². The molecule has 4 aliphatic rings. The number of carbonyl (C=O) groups excluding carboxylic acids is 2. The van der Waals surface area contributed by atoms with Crippen LogP contribution < -0.4 is 0 Å². The Morgan fingerprint density at radius 2 is 2.04 bits per heavy atom. The van der Waals surface area contributed by atoms with Gasteiger partial charge in [0.2, 0.25) is 0 Å². The molecule has 0 heterocycles. The van der Waals surface area contributed by atoms with Crippen LogP contribution in [-0.2, 0) is 14.3 Å². The lowest BCUT2D eigenvalue weighted by molar-refractivity contribution is -0.209. The molecule has 0 aliphatic heterocycles. The lowest BCUT2D eigenvalue weighted by atomic mass is 9.46. The Morgan fingerprint density at radius 1 is 1.32 bits per heavy atom. The predicted octanol–water partition coefficient (Wildman–Crippen LogP) is 4.92. The van der Waals surface area contributed by atoms with E-state index < -0.39 is 23.2 Å². The number of thiol groups is 1. The van der Waals surface area contributed by atoms with Gasteiger partial charge in [0.15, 0.2) is 11.5 Å². The first-order valence-corrected chi connectivity index (χ1v) is 11.8. The Labute approximate surface area is 176 Å². The van der Waals surface area contributed by atoms with Crippen molar-refractivity contribution in [1.29, 1.82) is 0 Å². The van der Waals surface area contributed by atoms with Crippen molar-refractivity contribution in [2.75, 3.05) is 6.26 Å². The molecule has 3 nitrogen and oxygen atoms in total. The van der Waals surface area contributed by atoms with Gasteiger partial charge in [0, 0.05) is 18.3 Å². The summed E-state index contributed by atoms with van der Waals surface area (Å²) >= 11 is 6.79. The van der Waals surface area contributed by atoms with Gasteiger partial charge in [0.1, 0.15) is 6.10 Å². The third-order valence-electron chi connectivity index (χ3n) is 8.34. The van der Waals surface area contributed by atoms with E-state index in [2.05, 4.69) is 13.2 Å². The molecule has 0 amide bonds. The summed E-state index contributed by atoms with van der Waals surface area (Å²) in [4.78, 5) is 23.9. The van der Waals surface area contributed by atoms with E-state index in [1.54, 1.807) is 23.9 Å². The number of thioether (sulfide) groups is 1. The number of ether oxygens (including phenoxy) is 1. The van der Waals surface area contributed by atoms with E-state index in [1.807, 2.05) is 6.92 Å². The summed E-state index contributed by atoms with van der Waals surface area (Å²) in [6, 6.07) is 0. The summed E-state index contributed by atoms with van der Waals surface area (Å²) in [6.07, 6.45) is 9.72. The minimum absolute atomic E-state index is 0.0863. The molecule has 3 fully saturated rings. The summed E-state index contributed by atoms with van der Waals surface area (Å²) in [7, 11) is 0. The zero-order chi connectivity index (χ0) is 20.5. The maximum Gasteiger partial charge on any atom is 0.303 e. The quantitative estimate of drug-likeness (QED) is 0.388. The van der Waals surface area contributed by atoms with Gasteiger partial charge >= 0.3 is 5.97 Å². The highest BCUT2D eigenvalue weighted by atomic mass is 32.2. The largest absolute Gasteiger partial charge is 0.459 e. The van der Waals surface area contributed by atoms with Crippen LogP contribution >= 0.6 is 24.4 Å². The van der Waals surface area contributed by atoms with E-state index in [0.717, 1.165) is 18.4 Å². The maximum atomic E-state index is 17.3. The van der Waals surface area contributed by atoms with E-state index in [0.29, 0.717) is 19.3 Å². The lowest BCUT2D eigenvalue weighted by Crippen LogP contribution is -2.68. The molecule has 1 unspecified atom stereocenters. The summed E-state index contributed by atoms with van der Waals surface area (Å²) < 4.78 is 22.8. The summed E-state index contributed by atoms with van der Waals surface area (Å²) in [5, 5.41) is 0. The zero-order valence-electron chi connectivity index (χ0n) is 17.0. The van der Waals surface area contributed by atoms with Gasteiger partial charge < -0.3 is 4.74 Å². The van der Waals surface area contributed by atoms with Crippen LogP contribution in [0.1, 0.15) is 52.9 Å². The van der Waals surface area contributed by atoms with Crippen LogP contribution in [0.3, 0.4) is 0 Å². The monoisotopic (exact) mass is 424 g/mol. The fourth-order valence-electron chi connectivity index (χ4n) is 6.80. The molecule has 0 bridgehead atoms. The van der Waals surface area contributed by atoms with Gasteiger partial charge in [-0.05, 0) is 68.8 Å². The van der Waals surface area contributed by atoms with Crippen LogP contribution in [0.2, 0.25) is 0 Å². The molecule has 28 heavy (non-hydrogen) atoms. The van der Waals surface area contributed by atoms with Crippen LogP contribution in [0.5, 0.6) is 0 Å². The van der Waals surface area contributed by atoms with E-state index in [4.69, 9.17) is 17.4 Å². The maximum absolute atomic E-state index is 17.3. The Kier molecular flexibility index (Phi) is 4.67. The van der Waals surface area contributed by atoms with E-state index in [1.165, 1.54) is 13.0 Å². The lowest BCUT2D eigenvalue weighted by Gasteiger charge is -2.63. The van der Waals surface area contributed by atoms with Gasteiger partial charge in [-0.25, -0.2) is 4.39 Å². The Bertz CT molecular complexity index is 795. The van der Waals surface area contributed by atoms with Crippen molar-refractivity contribution in [3.63, 3.8) is 0 Å². The molecular weight excluding hydrogens is 395 g/mol. The van der Waals surface area contributed by atoms with Crippen molar-refractivity contribution in [3.05, 3.63) is 23.8 Å². The minimum Gasteiger partial charge on any atom is -0.459 e. The van der Waals surface area contributed by atoms with Gasteiger partial charge in [-0.1, -0.05) is 18.6 Å². The fourth-order valence-corrected chi connectivity index (χ4v) is 8.21. The summed E-state index contributed by atoms with van der Waals surface area (Å²) in [6.45, 7) is 5.44. The second kappa shape index (κ2) is 6.37. The average molecular weight is 425 g/mol. The number of fused-ring (bicyclic) bond motifs is 5. The fraction of sp³-hybridized carbons (Fsp3) is 0.727. The van der Waals surface area contributed by atoms with E-state index in [-0.39, 0.29) is 27.1 Å². The Hall–Kier alpha value is -0.750. The third-order valence-corrected chi connectivity index (χ3v) is 11.0. The second-order valence-electron chi connectivity index (χ2n) is 9.37. The number of alkyl halides is 1. The SMILES string of the molecule is CS[C@@]1(S)CC[C@H]2[C@@H]3CCC4=CC(=O)C=C[C@]4(C)C3(F)[C@@H](OC(C)=O)C[C@@]21C. The Morgan fingerprint density at radius 3 is 2.68 bits per heavy atom. The van der Waals surface area contributed by atoms with Crippen LogP contribution in [0.15, 0.2) is 23.8 Å². The smallest absolute Gasteiger partial charge is 0.303 e. The molecule has 0 aromatic carbocycles. The molecular formula is C22H29FO3S2. The van der Waals surface area contributed by atoms with Crippen molar-refractivity contribution < 1.29 is 18.7 Å². The predicted molar refractivity (Wildman–Crippen MR) is 113 cm³/mol. The first-order valence-electron chi connectivity index (χ1n) is 10.1. The topological polar surface area (TPSA) is 43.4 Å². The molecule has 154 valence electrons. The number of halogens is 1. The van der Waals surface area contributed by atoms with Crippen LogP contribution in [0.4, 0.5) is 4.39 Å². The number of allylic oxidation sites excluding steroid dienone is 4.